The number of benzene rings is 1. The highest BCUT2D eigenvalue weighted by Crippen LogP contribution is 2.34. The molecule has 1 heterocycles. The SMILES string of the molecule is Cc1cc2c(C(C)(C)C)c[nH]c2cc1C(C)(C)C. The number of aromatic nitrogens is 1. The molecule has 0 bridgehead atoms. The van der Waals surface area contributed by atoms with Crippen LogP contribution in [0.1, 0.15) is 58.2 Å². The third-order valence-corrected chi connectivity index (χ3v) is 3.64. The Labute approximate surface area is 111 Å². The molecule has 0 radical (unpaired) electrons. The van der Waals surface area contributed by atoms with Gasteiger partial charge >= 0.3 is 0 Å². The van der Waals surface area contributed by atoms with Crippen molar-refractivity contribution in [2.45, 2.75) is 59.3 Å². The summed E-state index contributed by atoms with van der Waals surface area (Å²) in [7, 11) is 0. The molecule has 2 aromatic rings. The van der Waals surface area contributed by atoms with E-state index in [4.69, 9.17) is 0 Å². The summed E-state index contributed by atoms with van der Waals surface area (Å²) in [5, 5.41) is 1.37. The van der Waals surface area contributed by atoms with Crippen molar-refractivity contribution in [3.63, 3.8) is 0 Å². The van der Waals surface area contributed by atoms with E-state index in [1.165, 1.54) is 27.6 Å². The Bertz CT molecular complexity index is 574. The summed E-state index contributed by atoms with van der Waals surface area (Å²) in [4.78, 5) is 3.43. The fourth-order valence-electron chi connectivity index (χ4n) is 2.71. The zero-order chi connectivity index (χ0) is 13.7. The second-order valence-corrected chi connectivity index (χ2v) is 7.42. The smallest absolute Gasteiger partial charge is 0.0460 e. The lowest BCUT2D eigenvalue weighted by molar-refractivity contribution is 0.586. The number of nitrogens with one attached hydrogen (secondary N) is 1. The van der Waals surface area contributed by atoms with E-state index >= 15 is 0 Å². The van der Waals surface area contributed by atoms with Gasteiger partial charge in [0.1, 0.15) is 0 Å². The van der Waals surface area contributed by atoms with E-state index in [9.17, 15) is 0 Å². The first kappa shape index (κ1) is 13.2. The van der Waals surface area contributed by atoms with Crippen LogP contribution in [0.15, 0.2) is 18.3 Å². The van der Waals surface area contributed by atoms with Gasteiger partial charge in [-0.15, -0.1) is 0 Å². The molecule has 0 spiro atoms. The molecule has 0 aliphatic carbocycles. The molecule has 0 atom stereocenters. The highest BCUT2D eigenvalue weighted by molar-refractivity contribution is 5.86. The Hall–Kier alpha value is -1.24. The number of hydrogen-bond acceptors (Lipinski definition) is 0. The van der Waals surface area contributed by atoms with Gasteiger partial charge in [0, 0.05) is 17.1 Å². The third kappa shape index (κ3) is 2.19. The lowest BCUT2D eigenvalue weighted by Gasteiger charge is -2.23. The normalized spacial score (nSPS) is 13.3. The third-order valence-electron chi connectivity index (χ3n) is 3.64. The van der Waals surface area contributed by atoms with Crippen molar-refractivity contribution in [1.29, 1.82) is 0 Å². The van der Waals surface area contributed by atoms with E-state index in [1.54, 1.807) is 0 Å². The zero-order valence-electron chi connectivity index (χ0n) is 12.7. The molecule has 1 nitrogen and oxygen atoms in total. The Kier molecular flexibility index (Phi) is 2.84. The topological polar surface area (TPSA) is 15.8 Å². The molecule has 0 aliphatic rings. The summed E-state index contributed by atoms with van der Waals surface area (Å²) in [6, 6.07) is 4.66. The molecule has 0 saturated heterocycles. The first-order chi connectivity index (χ1) is 8.10. The second-order valence-electron chi connectivity index (χ2n) is 7.42. The lowest BCUT2D eigenvalue weighted by atomic mass is 9.81. The Morgan fingerprint density at radius 1 is 0.833 bits per heavy atom. The first-order valence-corrected chi connectivity index (χ1v) is 6.73. The van der Waals surface area contributed by atoms with Crippen LogP contribution in [0.5, 0.6) is 0 Å². The van der Waals surface area contributed by atoms with Crippen LogP contribution in [-0.4, -0.2) is 4.98 Å². The molecule has 0 fully saturated rings. The molecular formula is C17H25N. The van der Waals surface area contributed by atoms with Crippen molar-refractivity contribution in [3.8, 4) is 0 Å². The molecule has 0 saturated carbocycles. The van der Waals surface area contributed by atoms with E-state index < -0.39 is 0 Å². The van der Waals surface area contributed by atoms with E-state index in [0.29, 0.717) is 0 Å². The minimum atomic E-state index is 0.188. The van der Waals surface area contributed by atoms with Gasteiger partial charge < -0.3 is 4.98 Å². The summed E-state index contributed by atoms with van der Waals surface area (Å²) in [6.45, 7) is 15.8. The maximum absolute atomic E-state index is 3.43. The van der Waals surface area contributed by atoms with Gasteiger partial charge in [-0.3, -0.25) is 0 Å². The molecule has 18 heavy (non-hydrogen) atoms. The van der Waals surface area contributed by atoms with Crippen LogP contribution >= 0.6 is 0 Å². The van der Waals surface area contributed by atoms with Gasteiger partial charge in [-0.1, -0.05) is 41.5 Å². The quantitative estimate of drug-likeness (QED) is 0.665. The van der Waals surface area contributed by atoms with Gasteiger partial charge in [-0.05, 0) is 46.6 Å². The van der Waals surface area contributed by atoms with Crippen LogP contribution in [0.2, 0.25) is 0 Å². The fraction of sp³-hybridized carbons (Fsp3) is 0.529. The summed E-state index contributed by atoms with van der Waals surface area (Å²) >= 11 is 0. The number of aromatic amines is 1. The van der Waals surface area contributed by atoms with Crippen molar-refractivity contribution in [2.75, 3.05) is 0 Å². The summed E-state index contributed by atoms with van der Waals surface area (Å²) in [6.07, 6.45) is 2.16. The Morgan fingerprint density at radius 2 is 1.39 bits per heavy atom. The molecule has 2 rings (SSSR count). The van der Waals surface area contributed by atoms with Gasteiger partial charge in [0.05, 0.1) is 0 Å². The van der Waals surface area contributed by atoms with Crippen LogP contribution in [0, 0.1) is 6.92 Å². The van der Waals surface area contributed by atoms with Crippen molar-refractivity contribution in [2.24, 2.45) is 0 Å². The standard InChI is InChI=1S/C17H25N/c1-11-8-12-14(17(5,6)7)10-18-15(12)9-13(11)16(2,3)4/h8-10,18H,1-7H3. The van der Waals surface area contributed by atoms with Gasteiger partial charge in [0.2, 0.25) is 0 Å². The predicted octanol–water partition coefficient (Wildman–Crippen LogP) is 5.07. The van der Waals surface area contributed by atoms with Crippen molar-refractivity contribution >= 4 is 10.9 Å². The van der Waals surface area contributed by atoms with Gasteiger partial charge in [-0.25, -0.2) is 0 Å². The molecule has 1 N–H and O–H groups in total. The maximum Gasteiger partial charge on any atom is 0.0460 e. The molecule has 0 amide bonds. The van der Waals surface area contributed by atoms with Crippen LogP contribution in [-0.2, 0) is 10.8 Å². The highest BCUT2D eigenvalue weighted by Gasteiger charge is 2.21. The molecule has 0 unspecified atom stereocenters. The van der Waals surface area contributed by atoms with E-state index in [0.717, 1.165) is 0 Å². The molecule has 1 aromatic carbocycles. The van der Waals surface area contributed by atoms with Crippen LogP contribution < -0.4 is 0 Å². The average molecular weight is 243 g/mol. The zero-order valence-corrected chi connectivity index (χ0v) is 12.7. The monoisotopic (exact) mass is 243 g/mol. The molecular weight excluding hydrogens is 218 g/mol. The van der Waals surface area contributed by atoms with Crippen molar-refractivity contribution < 1.29 is 0 Å². The van der Waals surface area contributed by atoms with Gasteiger partial charge in [0.25, 0.3) is 0 Å². The van der Waals surface area contributed by atoms with Crippen molar-refractivity contribution in [3.05, 3.63) is 35.0 Å². The van der Waals surface area contributed by atoms with Gasteiger partial charge in [-0.2, -0.15) is 0 Å². The van der Waals surface area contributed by atoms with E-state index in [-0.39, 0.29) is 10.8 Å². The minimum absolute atomic E-state index is 0.188. The largest absolute Gasteiger partial charge is 0.361 e. The number of H-pyrrole nitrogens is 1. The summed E-state index contributed by atoms with van der Waals surface area (Å²) in [5.74, 6) is 0. The summed E-state index contributed by atoms with van der Waals surface area (Å²) < 4.78 is 0. The Balaban J connectivity index is 2.71. The molecule has 0 aliphatic heterocycles. The van der Waals surface area contributed by atoms with Crippen LogP contribution in [0.3, 0.4) is 0 Å². The van der Waals surface area contributed by atoms with Crippen LogP contribution in [0.25, 0.3) is 10.9 Å². The fourth-order valence-corrected chi connectivity index (χ4v) is 2.71. The van der Waals surface area contributed by atoms with Crippen molar-refractivity contribution in [1.82, 2.24) is 4.98 Å². The van der Waals surface area contributed by atoms with E-state index in [1.807, 2.05) is 0 Å². The second kappa shape index (κ2) is 3.88. The number of aryl methyl sites for hydroxylation is 1. The number of fused-ring (bicyclic) bond motifs is 1. The molecule has 1 aromatic heterocycles. The van der Waals surface area contributed by atoms with E-state index in [2.05, 4.69) is 71.8 Å². The number of rotatable bonds is 0. The molecule has 1 heteroatoms. The summed E-state index contributed by atoms with van der Waals surface area (Å²) in [5.41, 5.74) is 5.87. The van der Waals surface area contributed by atoms with Crippen LogP contribution in [0.4, 0.5) is 0 Å². The lowest BCUT2D eigenvalue weighted by Crippen LogP contribution is -2.13. The number of hydrogen-bond donors (Lipinski definition) is 1. The minimum Gasteiger partial charge on any atom is -0.361 e. The van der Waals surface area contributed by atoms with Gasteiger partial charge in [0.15, 0.2) is 0 Å². The first-order valence-electron chi connectivity index (χ1n) is 6.73. The average Bonchev–Trinajstić information content (AvgIpc) is 2.56. The highest BCUT2D eigenvalue weighted by atomic mass is 14.7. The molecule has 98 valence electrons. The Morgan fingerprint density at radius 3 is 1.89 bits per heavy atom. The maximum atomic E-state index is 3.43. The predicted molar refractivity (Wildman–Crippen MR) is 80.4 cm³/mol.